The van der Waals surface area contributed by atoms with E-state index in [0.29, 0.717) is 18.8 Å². The summed E-state index contributed by atoms with van der Waals surface area (Å²) in [7, 11) is 0. The number of nitrogens with one attached hydrogen (secondary N) is 1. The largest absolute Gasteiger partial charge is 0.372 e. The van der Waals surface area contributed by atoms with Gasteiger partial charge in [0, 0.05) is 5.57 Å². The fourth-order valence-corrected chi connectivity index (χ4v) is 2.05. The number of fused-ring (bicyclic) bond motifs is 1. The van der Waals surface area contributed by atoms with Crippen molar-refractivity contribution in [2.24, 2.45) is 5.92 Å². The highest BCUT2D eigenvalue weighted by molar-refractivity contribution is 6.08. The molecule has 0 aromatic carbocycles. The quantitative estimate of drug-likeness (QED) is 0.486. The third kappa shape index (κ3) is 1.99. The maximum Gasteiger partial charge on any atom is 0.253 e. The van der Waals surface area contributed by atoms with Gasteiger partial charge in [-0.2, -0.15) is 0 Å². The van der Waals surface area contributed by atoms with E-state index in [-0.39, 0.29) is 30.3 Å². The molecule has 6 nitrogen and oxygen atoms in total. The molecule has 0 radical (unpaired) electrons. The molecule has 92 valence electrons. The minimum Gasteiger partial charge on any atom is -0.372 e. The molecule has 3 rings (SSSR count). The second kappa shape index (κ2) is 3.90. The lowest BCUT2D eigenvalue weighted by Crippen LogP contribution is -2.46. The van der Waals surface area contributed by atoms with Gasteiger partial charge in [-0.1, -0.05) is 6.08 Å². The molecule has 1 N–H and O–H groups in total. The van der Waals surface area contributed by atoms with Crippen molar-refractivity contribution in [3.8, 4) is 0 Å². The van der Waals surface area contributed by atoms with Gasteiger partial charge < -0.3 is 14.2 Å². The zero-order chi connectivity index (χ0) is 12.0. The average Bonchev–Trinajstić information content (AvgIpc) is 3.02. The van der Waals surface area contributed by atoms with Crippen molar-refractivity contribution in [2.45, 2.75) is 25.4 Å². The molecule has 4 unspecified atom stereocenters. The molecule has 2 amide bonds. The molecule has 0 aliphatic carbocycles. The summed E-state index contributed by atoms with van der Waals surface area (Å²) < 4.78 is 16.1. The second-order valence-electron chi connectivity index (χ2n) is 4.44. The van der Waals surface area contributed by atoms with Gasteiger partial charge in [-0.3, -0.25) is 14.9 Å². The standard InChI is InChI=1S/C11H13NO5/c1-5-2-6(10(14)12-9(5)13)7-3-16-11-8(17-11)4-15-7/h2,6-8,11H,3-4H2,1H3,(H,12,13,14). The predicted molar refractivity (Wildman–Crippen MR) is 54.7 cm³/mol. The second-order valence-corrected chi connectivity index (χ2v) is 4.44. The van der Waals surface area contributed by atoms with Crippen molar-refractivity contribution in [1.82, 2.24) is 5.32 Å². The van der Waals surface area contributed by atoms with Crippen LogP contribution in [0, 0.1) is 5.92 Å². The first-order valence-corrected chi connectivity index (χ1v) is 5.57. The number of amides is 2. The Labute approximate surface area is 97.9 Å². The van der Waals surface area contributed by atoms with Crippen LogP contribution in [0.5, 0.6) is 0 Å². The Balaban J connectivity index is 1.74. The van der Waals surface area contributed by atoms with Gasteiger partial charge in [0.05, 0.1) is 25.2 Å². The molecule has 3 aliphatic heterocycles. The molecular weight excluding hydrogens is 226 g/mol. The Morgan fingerprint density at radius 1 is 1.24 bits per heavy atom. The third-order valence-corrected chi connectivity index (χ3v) is 3.16. The van der Waals surface area contributed by atoms with E-state index in [1.54, 1.807) is 13.0 Å². The first-order valence-electron chi connectivity index (χ1n) is 5.57. The average molecular weight is 239 g/mol. The van der Waals surface area contributed by atoms with Crippen LogP contribution in [0.15, 0.2) is 11.6 Å². The Morgan fingerprint density at radius 3 is 2.82 bits per heavy atom. The number of carbonyl (C=O) groups excluding carboxylic acids is 2. The lowest BCUT2D eigenvalue weighted by Gasteiger charge is -2.25. The third-order valence-electron chi connectivity index (χ3n) is 3.16. The molecule has 3 heterocycles. The van der Waals surface area contributed by atoms with E-state index < -0.39 is 5.92 Å². The van der Waals surface area contributed by atoms with E-state index in [4.69, 9.17) is 14.2 Å². The van der Waals surface area contributed by atoms with E-state index in [2.05, 4.69) is 5.32 Å². The van der Waals surface area contributed by atoms with E-state index in [0.717, 1.165) is 0 Å². The van der Waals surface area contributed by atoms with Gasteiger partial charge >= 0.3 is 0 Å². The summed E-state index contributed by atoms with van der Waals surface area (Å²) in [6.45, 7) is 2.41. The fraction of sp³-hybridized carbons (Fsp3) is 0.636. The Bertz CT molecular complexity index is 393. The van der Waals surface area contributed by atoms with Crippen LogP contribution >= 0.6 is 0 Å². The zero-order valence-corrected chi connectivity index (χ0v) is 9.34. The molecule has 2 saturated heterocycles. The van der Waals surface area contributed by atoms with Crippen molar-refractivity contribution in [3.05, 3.63) is 11.6 Å². The highest BCUT2D eigenvalue weighted by atomic mass is 16.8. The molecule has 2 fully saturated rings. The summed E-state index contributed by atoms with van der Waals surface area (Å²) in [6, 6.07) is 0. The molecule has 0 saturated carbocycles. The smallest absolute Gasteiger partial charge is 0.253 e. The van der Waals surface area contributed by atoms with Crippen LogP contribution in [0.4, 0.5) is 0 Å². The number of epoxide rings is 1. The van der Waals surface area contributed by atoms with Gasteiger partial charge in [0.2, 0.25) is 5.91 Å². The Morgan fingerprint density at radius 2 is 2.00 bits per heavy atom. The topological polar surface area (TPSA) is 77.2 Å². The van der Waals surface area contributed by atoms with Crippen LogP contribution in [0.1, 0.15) is 6.92 Å². The summed E-state index contributed by atoms with van der Waals surface area (Å²) >= 11 is 0. The van der Waals surface area contributed by atoms with Crippen LogP contribution < -0.4 is 5.32 Å². The molecule has 0 aromatic heterocycles. The summed E-state index contributed by atoms with van der Waals surface area (Å²) in [6.07, 6.45) is 1.11. The predicted octanol–water partition coefficient (Wildman–Crippen LogP) is -0.654. The van der Waals surface area contributed by atoms with Crippen molar-refractivity contribution < 1.29 is 23.8 Å². The van der Waals surface area contributed by atoms with Gasteiger partial charge in [-0.15, -0.1) is 0 Å². The van der Waals surface area contributed by atoms with Crippen molar-refractivity contribution in [2.75, 3.05) is 13.2 Å². The van der Waals surface area contributed by atoms with Gasteiger partial charge in [-0.25, -0.2) is 0 Å². The van der Waals surface area contributed by atoms with Crippen LogP contribution in [0.3, 0.4) is 0 Å². The van der Waals surface area contributed by atoms with Gasteiger partial charge in [-0.05, 0) is 6.92 Å². The summed E-state index contributed by atoms with van der Waals surface area (Å²) in [5.41, 5.74) is 0.531. The molecule has 3 aliphatic rings. The van der Waals surface area contributed by atoms with E-state index >= 15 is 0 Å². The highest BCUT2D eigenvalue weighted by Crippen LogP contribution is 2.29. The van der Waals surface area contributed by atoms with Crippen LogP contribution in [0.25, 0.3) is 0 Å². The molecule has 0 spiro atoms. The number of carbonyl (C=O) groups is 2. The fourth-order valence-electron chi connectivity index (χ4n) is 2.05. The van der Waals surface area contributed by atoms with Crippen molar-refractivity contribution in [1.29, 1.82) is 0 Å². The van der Waals surface area contributed by atoms with Gasteiger partial charge in [0.1, 0.15) is 6.10 Å². The number of imide groups is 1. The normalized spacial score (nSPS) is 41.1. The lowest BCUT2D eigenvalue weighted by atomic mass is 9.95. The summed E-state index contributed by atoms with van der Waals surface area (Å²) in [5.74, 6) is -1.14. The molecule has 0 bridgehead atoms. The minimum atomic E-state index is -0.467. The SMILES string of the molecule is CC1=CC(C2COC3OC3CO2)C(=O)NC1=O. The molecule has 6 heteroatoms. The van der Waals surface area contributed by atoms with Crippen LogP contribution in [0.2, 0.25) is 0 Å². The maximum atomic E-state index is 11.7. The zero-order valence-electron chi connectivity index (χ0n) is 9.34. The first kappa shape index (κ1) is 10.9. The first-order chi connectivity index (χ1) is 8.15. The summed E-state index contributed by atoms with van der Waals surface area (Å²) in [5, 5.41) is 2.31. The monoisotopic (exact) mass is 239 g/mol. The molecular formula is C11H13NO5. The van der Waals surface area contributed by atoms with E-state index in [1.165, 1.54) is 0 Å². The van der Waals surface area contributed by atoms with Crippen molar-refractivity contribution in [3.63, 3.8) is 0 Å². The Kier molecular flexibility index (Phi) is 2.50. The van der Waals surface area contributed by atoms with Gasteiger partial charge in [0.25, 0.3) is 5.91 Å². The number of rotatable bonds is 1. The van der Waals surface area contributed by atoms with Crippen LogP contribution in [-0.4, -0.2) is 43.5 Å². The van der Waals surface area contributed by atoms with E-state index in [1.807, 2.05) is 0 Å². The number of ether oxygens (including phenoxy) is 3. The summed E-state index contributed by atoms with van der Waals surface area (Å²) in [4.78, 5) is 23.0. The van der Waals surface area contributed by atoms with E-state index in [9.17, 15) is 9.59 Å². The van der Waals surface area contributed by atoms with Crippen molar-refractivity contribution >= 4 is 11.8 Å². The van der Waals surface area contributed by atoms with Gasteiger partial charge in [0.15, 0.2) is 6.29 Å². The number of hydrogen-bond donors (Lipinski definition) is 1. The highest BCUT2D eigenvalue weighted by Gasteiger charge is 2.45. The molecule has 0 aromatic rings. The Hall–Kier alpha value is -1.24. The maximum absolute atomic E-state index is 11.7. The van der Waals surface area contributed by atoms with Crippen LogP contribution in [-0.2, 0) is 23.8 Å². The molecule has 17 heavy (non-hydrogen) atoms. The molecule has 4 atom stereocenters. The minimum absolute atomic E-state index is 0.00152. The lowest BCUT2D eigenvalue weighted by molar-refractivity contribution is -0.137. The number of hydrogen-bond acceptors (Lipinski definition) is 5.